The summed E-state index contributed by atoms with van der Waals surface area (Å²) in [4.78, 5) is 12.7. The van der Waals surface area contributed by atoms with Gasteiger partial charge in [0.05, 0.1) is 10.2 Å². The third-order valence-corrected chi connectivity index (χ3v) is 4.12. The molecule has 0 radical (unpaired) electrons. The maximum Gasteiger partial charge on any atom is 0.271 e. The minimum Gasteiger partial charge on any atom is -0.318 e. The van der Waals surface area contributed by atoms with Gasteiger partial charge in [-0.25, -0.2) is 5.43 Å². The van der Waals surface area contributed by atoms with Crippen LogP contribution in [0.1, 0.15) is 10.4 Å². The second kappa shape index (κ2) is 5.30. The number of thiazole rings is 1. The molecule has 2 aromatic carbocycles. The van der Waals surface area contributed by atoms with Gasteiger partial charge in [0.2, 0.25) is 4.80 Å². The molecule has 0 saturated heterocycles. The van der Waals surface area contributed by atoms with Crippen LogP contribution in [0.3, 0.4) is 0 Å². The zero-order chi connectivity index (χ0) is 13.9. The fourth-order valence-corrected chi connectivity index (χ4v) is 2.92. The van der Waals surface area contributed by atoms with E-state index in [1.54, 1.807) is 23.5 Å². The number of carbonyl (C=O) groups excluding carboxylic acids is 1. The fourth-order valence-electron chi connectivity index (χ4n) is 1.94. The topological polar surface area (TPSA) is 46.4 Å². The van der Waals surface area contributed by atoms with Gasteiger partial charge in [0.15, 0.2) is 0 Å². The zero-order valence-electron chi connectivity index (χ0n) is 10.9. The molecule has 0 bridgehead atoms. The molecule has 3 rings (SSSR count). The van der Waals surface area contributed by atoms with E-state index in [0.29, 0.717) is 5.56 Å². The van der Waals surface area contributed by atoms with Crippen LogP contribution in [0.25, 0.3) is 10.2 Å². The van der Waals surface area contributed by atoms with Crippen molar-refractivity contribution in [3.05, 3.63) is 65.0 Å². The molecule has 5 heteroatoms. The van der Waals surface area contributed by atoms with Gasteiger partial charge in [-0.05, 0) is 24.3 Å². The smallest absolute Gasteiger partial charge is 0.271 e. The average molecular weight is 283 g/mol. The van der Waals surface area contributed by atoms with Crippen LogP contribution >= 0.6 is 11.3 Å². The van der Waals surface area contributed by atoms with Crippen LogP contribution in [0.15, 0.2) is 59.7 Å². The second-order valence-electron chi connectivity index (χ2n) is 4.33. The summed E-state index contributed by atoms with van der Waals surface area (Å²) in [5.74, 6) is -0.206. The van der Waals surface area contributed by atoms with Crippen LogP contribution in [-0.2, 0) is 7.05 Å². The fraction of sp³-hybridized carbons (Fsp3) is 0.0667. The molecule has 1 N–H and O–H groups in total. The number of rotatable bonds is 2. The van der Waals surface area contributed by atoms with Crippen molar-refractivity contribution in [2.45, 2.75) is 0 Å². The summed E-state index contributed by atoms with van der Waals surface area (Å²) < 4.78 is 3.10. The Morgan fingerprint density at radius 1 is 1.10 bits per heavy atom. The molecule has 0 aliphatic carbocycles. The number of aromatic nitrogens is 1. The van der Waals surface area contributed by atoms with Crippen LogP contribution < -0.4 is 10.2 Å². The number of hydrogen-bond donors (Lipinski definition) is 1. The monoisotopic (exact) mass is 283 g/mol. The quantitative estimate of drug-likeness (QED) is 0.722. The first-order valence-corrected chi connectivity index (χ1v) is 7.01. The van der Waals surface area contributed by atoms with Crippen molar-refractivity contribution in [3.8, 4) is 0 Å². The lowest BCUT2D eigenvalue weighted by molar-refractivity contribution is 0.0953. The normalized spacial score (nSPS) is 11.8. The van der Waals surface area contributed by atoms with E-state index in [9.17, 15) is 4.79 Å². The van der Waals surface area contributed by atoms with Gasteiger partial charge in [-0.1, -0.05) is 41.7 Å². The van der Waals surface area contributed by atoms with Gasteiger partial charge in [0.25, 0.3) is 5.91 Å². The van der Waals surface area contributed by atoms with Crippen LogP contribution in [0.2, 0.25) is 0 Å². The van der Waals surface area contributed by atoms with Crippen LogP contribution in [-0.4, -0.2) is 10.5 Å². The maximum atomic E-state index is 11.9. The summed E-state index contributed by atoms with van der Waals surface area (Å²) >= 11 is 1.54. The lowest BCUT2D eigenvalue weighted by Gasteiger charge is -1.98. The SMILES string of the molecule is Cn1c(=NNC(=O)c2ccccc2)sc2ccccc21. The molecule has 0 aliphatic rings. The van der Waals surface area contributed by atoms with Crippen molar-refractivity contribution < 1.29 is 4.79 Å². The highest BCUT2D eigenvalue weighted by Crippen LogP contribution is 2.14. The summed E-state index contributed by atoms with van der Waals surface area (Å²) in [6.07, 6.45) is 0. The van der Waals surface area contributed by atoms with Crippen molar-refractivity contribution in [3.63, 3.8) is 0 Å². The average Bonchev–Trinajstić information content (AvgIpc) is 2.83. The summed E-state index contributed by atoms with van der Waals surface area (Å²) in [6, 6.07) is 17.1. The molecule has 0 fully saturated rings. The Hall–Kier alpha value is -2.40. The van der Waals surface area contributed by atoms with E-state index in [-0.39, 0.29) is 5.91 Å². The molecular weight excluding hydrogens is 270 g/mol. The number of benzene rings is 2. The number of fused-ring (bicyclic) bond motifs is 1. The number of carbonyl (C=O) groups is 1. The van der Waals surface area contributed by atoms with Gasteiger partial charge >= 0.3 is 0 Å². The van der Waals surface area contributed by atoms with Crippen LogP contribution in [0, 0.1) is 0 Å². The predicted molar refractivity (Wildman–Crippen MR) is 80.3 cm³/mol. The molecule has 0 spiro atoms. The highest BCUT2D eigenvalue weighted by molar-refractivity contribution is 7.16. The standard InChI is InChI=1S/C15H13N3OS/c1-18-12-9-5-6-10-13(12)20-15(18)17-16-14(19)11-7-3-2-4-8-11/h2-10H,1H3,(H,16,19). The first-order valence-electron chi connectivity index (χ1n) is 6.19. The molecule has 1 amide bonds. The Morgan fingerprint density at radius 2 is 1.80 bits per heavy atom. The van der Waals surface area contributed by atoms with Crippen molar-refractivity contribution in [2.24, 2.45) is 12.1 Å². The highest BCUT2D eigenvalue weighted by Gasteiger charge is 2.04. The number of amides is 1. The highest BCUT2D eigenvalue weighted by atomic mass is 32.1. The van der Waals surface area contributed by atoms with Crippen LogP contribution in [0.4, 0.5) is 0 Å². The molecular formula is C15H13N3OS. The van der Waals surface area contributed by atoms with Crippen molar-refractivity contribution in [1.29, 1.82) is 0 Å². The van der Waals surface area contributed by atoms with Crippen molar-refractivity contribution >= 4 is 27.5 Å². The van der Waals surface area contributed by atoms with E-state index in [2.05, 4.69) is 10.5 Å². The van der Waals surface area contributed by atoms with E-state index < -0.39 is 0 Å². The zero-order valence-corrected chi connectivity index (χ0v) is 11.7. The van der Waals surface area contributed by atoms with Crippen molar-refractivity contribution in [2.75, 3.05) is 0 Å². The molecule has 20 heavy (non-hydrogen) atoms. The van der Waals surface area contributed by atoms with Gasteiger partial charge in [0.1, 0.15) is 0 Å². The summed E-state index contributed by atoms with van der Waals surface area (Å²) in [5.41, 5.74) is 4.29. The van der Waals surface area contributed by atoms with Crippen molar-refractivity contribution in [1.82, 2.24) is 9.99 Å². The molecule has 0 unspecified atom stereocenters. The second-order valence-corrected chi connectivity index (χ2v) is 5.34. The first-order chi connectivity index (χ1) is 9.75. The van der Waals surface area contributed by atoms with Gasteiger partial charge in [-0.15, -0.1) is 5.10 Å². The molecule has 1 heterocycles. The summed E-state index contributed by atoms with van der Waals surface area (Å²) in [6.45, 7) is 0. The van der Waals surface area contributed by atoms with Crippen LogP contribution in [0.5, 0.6) is 0 Å². The van der Waals surface area contributed by atoms with Gasteiger partial charge in [-0.2, -0.15) is 0 Å². The lowest BCUT2D eigenvalue weighted by Crippen LogP contribution is -2.23. The molecule has 0 aliphatic heterocycles. The lowest BCUT2D eigenvalue weighted by atomic mass is 10.2. The third-order valence-electron chi connectivity index (χ3n) is 3.00. The molecule has 1 aromatic heterocycles. The Morgan fingerprint density at radius 3 is 2.55 bits per heavy atom. The van der Waals surface area contributed by atoms with Gasteiger partial charge in [0, 0.05) is 12.6 Å². The number of para-hydroxylation sites is 1. The largest absolute Gasteiger partial charge is 0.318 e. The third kappa shape index (κ3) is 2.35. The van der Waals surface area contributed by atoms with E-state index in [1.807, 2.05) is 54.1 Å². The molecule has 100 valence electrons. The molecule has 4 nitrogen and oxygen atoms in total. The minimum absolute atomic E-state index is 0.206. The molecule has 3 aromatic rings. The Balaban J connectivity index is 1.92. The van der Waals surface area contributed by atoms with E-state index in [1.165, 1.54) is 0 Å². The van der Waals surface area contributed by atoms with Gasteiger partial charge < -0.3 is 4.57 Å². The summed E-state index contributed by atoms with van der Waals surface area (Å²) in [7, 11) is 1.94. The Bertz CT molecular complexity index is 818. The number of nitrogens with one attached hydrogen (secondary N) is 1. The first kappa shape index (κ1) is 12.6. The van der Waals surface area contributed by atoms with E-state index >= 15 is 0 Å². The Kier molecular flexibility index (Phi) is 3.35. The van der Waals surface area contributed by atoms with Gasteiger partial charge in [-0.3, -0.25) is 4.79 Å². The Labute approximate surface area is 120 Å². The number of hydrogen-bond acceptors (Lipinski definition) is 3. The predicted octanol–water partition coefficient (Wildman–Crippen LogP) is 2.49. The van der Waals surface area contributed by atoms with E-state index in [4.69, 9.17) is 0 Å². The summed E-state index contributed by atoms with van der Waals surface area (Å²) in [5, 5.41) is 4.20. The molecule has 0 saturated carbocycles. The minimum atomic E-state index is -0.206. The van der Waals surface area contributed by atoms with E-state index in [0.717, 1.165) is 15.0 Å². The molecule has 0 atom stereocenters. The number of aryl methyl sites for hydroxylation is 1. The maximum absolute atomic E-state index is 11.9. The number of nitrogens with zero attached hydrogens (tertiary/aromatic N) is 2.